The Bertz CT molecular complexity index is 388. The van der Waals surface area contributed by atoms with Crippen LogP contribution < -0.4 is 10.5 Å². The molecular weight excluding hydrogens is 252 g/mol. The average molecular weight is 272 g/mol. The van der Waals surface area contributed by atoms with E-state index < -0.39 is 25.6 Å². The lowest BCUT2D eigenvalue weighted by atomic mass is 10.2. The van der Waals surface area contributed by atoms with Crippen LogP contribution in [0, 0.1) is 0 Å². The van der Waals surface area contributed by atoms with Crippen LogP contribution in [0.4, 0.5) is 0 Å². The second-order valence-corrected chi connectivity index (χ2v) is 8.03. The van der Waals surface area contributed by atoms with Gasteiger partial charge in [-0.2, -0.15) is 0 Å². The van der Waals surface area contributed by atoms with Crippen LogP contribution in [-0.4, -0.2) is 47.2 Å². The fraction of sp³-hybridized carbons (Fsp3) is 1.00. The van der Waals surface area contributed by atoms with E-state index in [4.69, 9.17) is 5.73 Å². The first-order valence-electron chi connectivity index (χ1n) is 5.07. The molecule has 16 heavy (non-hydrogen) atoms. The molecule has 0 aromatic heterocycles. The van der Waals surface area contributed by atoms with Crippen molar-refractivity contribution in [2.75, 3.05) is 24.3 Å². The van der Waals surface area contributed by atoms with Crippen LogP contribution in [0.3, 0.4) is 0 Å². The maximum absolute atomic E-state index is 11.4. The molecule has 1 unspecified atom stereocenters. The van der Waals surface area contributed by atoms with Gasteiger partial charge < -0.3 is 5.73 Å². The largest absolute Gasteiger partial charge is 0.327 e. The van der Waals surface area contributed by atoms with Crippen LogP contribution in [-0.2, 0) is 19.9 Å². The molecule has 0 amide bonds. The molecule has 0 aliphatic rings. The maximum atomic E-state index is 11.4. The van der Waals surface area contributed by atoms with Crippen molar-refractivity contribution in [1.82, 2.24) is 4.72 Å². The number of hydrogen-bond donors (Lipinski definition) is 2. The van der Waals surface area contributed by atoms with Gasteiger partial charge in [0, 0.05) is 18.8 Å². The molecule has 0 bridgehead atoms. The standard InChI is InChI=1S/C8H20N2O4S2/c1-3-4-8(9)7-10-16(13,14)6-5-15(2,11)12/h8,10H,3-7,9H2,1-2H3. The number of sulfone groups is 1. The van der Waals surface area contributed by atoms with Gasteiger partial charge in [-0.25, -0.2) is 21.6 Å². The minimum atomic E-state index is -3.54. The lowest BCUT2D eigenvalue weighted by molar-refractivity contribution is 0.552. The molecule has 0 aromatic rings. The van der Waals surface area contributed by atoms with E-state index in [0.717, 1.165) is 19.1 Å². The minimum Gasteiger partial charge on any atom is -0.327 e. The molecule has 0 heterocycles. The normalized spacial score (nSPS) is 14.9. The predicted molar refractivity (Wildman–Crippen MR) is 64.4 cm³/mol. The summed E-state index contributed by atoms with van der Waals surface area (Å²) in [5.74, 6) is -0.782. The van der Waals surface area contributed by atoms with E-state index >= 15 is 0 Å². The lowest BCUT2D eigenvalue weighted by Gasteiger charge is -2.11. The average Bonchev–Trinajstić information content (AvgIpc) is 2.12. The molecule has 1 atom stereocenters. The van der Waals surface area contributed by atoms with Gasteiger partial charge in [0.2, 0.25) is 10.0 Å². The summed E-state index contributed by atoms with van der Waals surface area (Å²) in [4.78, 5) is 0. The molecule has 6 nitrogen and oxygen atoms in total. The zero-order chi connectivity index (χ0) is 12.8. The van der Waals surface area contributed by atoms with Crippen molar-refractivity contribution >= 4 is 19.9 Å². The smallest absolute Gasteiger partial charge is 0.212 e. The Morgan fingerprint density at radius 3 is 2.19 bits per heavy atom. The molecule has 0 saturated heterocycles. The zero-order valence-electron chi connectivity index (χ0n) is 9.64. The van der Waals surface area contributed by atoms with Crippen LogP contribution in [0.25, 0.3) is 0 Å². The molecule has 0 saturated carbocycles. The molecule has 0 aromatic carbocycles. The lowest BCUT2D eigenvalue weighted by Crippen LogP contribution is -2.39. The molecule has 0 spiro atoms. The van der Waals surface area contributed by atoms with E-state index in [1.165, 1.54) is 0 Å². The van der Waals surface area contributed by atoms with E-state index in [9.17, 15) is 16.8 Å². The first-order chi connectivity index (χ1) is 7.16. The Balaban J connectivity index is 4.07. The fourth-order valence-electron chi connectivity index (χ4n) is 1.04. The van der Waals surface area contributed by atoms with Crippen molar-refractivity contribution in [2.45, 2.75) is 25.8 Å². The van der Waals surface area contributed by atoms with Crippen LogP contribution >= 0.6 is 0 Å². The highest BCUT2D eigenvalue weighted by molar-refractivity contribution is 7.93. The van der Waals surface area contributed by atoms with Gasteiger partial charge in [-0.05, 0) is 6.42 Å². The van der Waals surface area contributed by atoms with Crippen molar-refractivity contribution in [1.29, 1.82) is 0 Å². The Morgan fingerprint density at radius 1 is 1.19 bits per heavy atom. The highest BCUT2D eigenvalue weighted by Crippen LogP contribution is 1.94. The quantitative estimate of drug-likeness (QED) is 0.594. The van der Waals surface area contributed by atoms with Gasteiger partial charge >= 0.3 is 0 Å². The minimum absolute atomic E-state index is 0.153. The van der Waals surface area contributed by atoms with Gasteiger partial charge in [0.25, 0.3) is 0 Å². The summed E-state index contributed by atoms with van der Waals surface area (Å²) < 4.78 is 46.6. The van der Waals surface area contributed by atoms with Crippen LogP contribution in [0.2, 0.25) is 0 Å². The van der Waals surface area contributed by atoms with Gasteiger partial charge in [-0.15, -0.1) is 0 Å². The third-order valence-corrected chi connectivity index (χ3v) is 4.50. The Kier molecular flexibility index (Phi) is 6.46. The summed E-state index contributed by atoms with van der Waals surface area (Å²) in [5, 5.41) is 0. The van der Waals surface area contributed by atoms with Crippen LogP contribution in [0.1, 0.15) is 19.8 Å². The molecule has 3 N–H and O–H groups in total. The summed E-state index contributed by atoms with van der Waals surface area (Å²) in [7, 11) is -6.79. The van der Waals surface area contributed by atoms with E-state index in [-0.39, 0.29) is 18.3 Å². The van der Waals surface area contributed by atoms with E-state index in [0.29, 0.717) is 0 Å². The molecular formula is C8H20N2O4S2. The predicted octanol–water partition coefficient (Wildman–Crippen LogP) is -0.922. The number of nitrogens with one attached hydrogen (secondary N) is 1. The first kappa shape index (κ1) is 15.8. The highest BCUT2D eigenvalue weighted by Gasteiger charge is 2.15. The van der Waals surface area contributed by atoms with Crippen molar-refractivity contribution in [3.05, 3.63) is 0 Å². The van der Waals surface area contributed by atoms with Crippen LogP contribution in [0.5, 0.6) is 0 Å². The van der Waals surface area contributed by atoms with Gasteiger partial charge in [0.15, 0.2) is 0 Å². The SMILES string of the molecule is CCCC(N)CNS(=O)(=O)CCS(C)(=O)=O. The molecule has 98 valence electrons. The third-order valence-electron chi connectivity index (χ3n) is 1.95. The monoisotopic (exact) mass is 272 g/mol. The molecule has 8 heteroatoms. The van der Waals surface area contributed by atoms with Gasteiger partial charge in [-0.3, -0.25) is 0 Å². The Labute approximate surface area is 97.6 Å². The van der Waals surface area contributed by atoms with Gasteiger partial charge in [0.05, 0.1) is 11.5 Å². The first-order valence-corrected chi connectivity index (χ1v) is 8.78. The zero-order valence-corrected chi connectivity index (χ0v) is 11.3. The fourth-order valence-corrected chi connectivity index (χ4v) is 3.74. The summed E-state index contributed by atoms with van der Waals surface area (Å²) in [6.45, 7) is 2.11. The molecule has 0 rings (SSSR count). The molecule has 0 radical (unpaired) electrons. The Morgan fingerprint density at radius 2 is 1.75 bits per heavy atom. The summed E-state index contributed by atoms with van der Waals surface area (Å²) >= 11 is 0. The summed E-state index contributed by atoms with van der Waals surface area (Å²) in [6, 6.07) is -0.224. The summed E-state index contributed by atoms with van der Waals surface area (Å²) in [5.41, 5.74) is 5.63. The molecule has 0 fully saturated rings. The second-order valence-electron chi connectivity index (χ2n) is 3.85. The number of sulfonamides is 1. The van der Waals surface area contributed by atoms with E-state index in [2.05, 4.69) is 4.72 Å². The van der Waals surface area contributed by atoms with Gasteiger partial charge in [-0.1, -0.05) is 13.3 Å². The van der Waals surface area contributed by atoms with E-state index in [1.54, 1.807) is 0 Å². The Hall–Kier alpha value is -0.180. The second kappa shape index (κ2) is 6.53. The van der Waals surface area contributed by atoms with Crippen molar-refractivity contribution in [3.63, 3.8) is 0 Å². The maximum Gasteiger partial charge on any atom is 0.212 e. The van der Waals surface area contributed by atoms with E-state index in [1.807, 2.05) is 6.92 Å². The summed E-state index contributed by atoms with van der Waals surface area (Å²) in [6.07, 6.45) is 2.62. The third kappa shape index (κ3) is 9.08. The van der Waals surface area contributed by atoms with Crippen molar-refractivity contribution in [2.24, 2.45) is 5.73 Å². The van der Waals surface area contributed by atoms with Crippen molar-refractivity contribution < 1.29 is 16.8 Å². The van der Waals surface area contributed by atoms with Crippen LogP contribution in [0.15, 0.2) is 0 Å². The highest BCUT2D eigenvalue weighted by atomic mass is 32.2. The van der Waals surface area contributed by atoms with Gasteiger partial charge in [0.1, 0.15) is 9.84 Å². The number of hydrogen-bond acceptors (Lipinski definition) is 5. The number of rotatable bonds is 8. The van der Waals surface area contributed by atoms with Crippen molar-refractivity contribution in [3.8, 4) is 0 Å². The number of nitrogens with two attached hydrogens (primary N) is 1. The molecule has 0 aliphatic carbocycles. The molecule has 0 aliphatic heterocycles. The topological polar surface area (TPSA) is 106 Å².